The topological polar surface area (TPSA) is 101 Å². The number of pyridine rings is 1. The molecule has 3 rings (SSSR count). The fraction of sp³-hybridized carbons (Fsp3) is 0.438. The first-order chi connectivity index (χ1) is 11.8. The average molecular weight is 329 g/mol. The molecule has 2 aromatic heterocycles. The number of aromatic nitrogens is 3. The van der Waals surface area contributed by atoms with Gasteiger partial charge in [-0.25, -0.2) is 15.0 Å². The molecule has 24 heavy (non-hydrogen) atoms. The molecule has 1 saturated heterocycles. The molecule has 8 heteroatoms. The quantitative estimate of drug-likeness (QED) is 0.654. The van der Waals surface area contributed by atoms with Crippen molar-refractivity contribution in [1.29, 1.82) is 0 Å². The Kier molecular flexibility index (Phi) is 5.75. The van der Waals surface area contributed by atoms with Crippen LogP contribution in [0.5, 0.6) is 0 Å². The number of morpholine rings is 1. The molecule has 3 heterocycles. The Hall–Kier alpha value is -2.45. The number of nitrogen functional groups attached to an aromatic ring is 1. The Morgan fingerprint density at radius 1 is 1.12 bits per heavy atom. The summed E-state index contributed by atoms with van der Waals surface area (Å²) in [6, 6.07) is 5.62. The number of nitrogens with one attached hydrogen (secondary N) is 2. The number of nitrogens with two attached hydrogens (primary N) is 1. The Bertz CT molecular complexity index is 632. The SMILES string of the molecule is Nc1c(NCCCN2CCOCC2)ncnc1Nc1ccccn1. The van der Waals surface area contributed by atoms with Crippen LogP contribution in [0, 0.1) is 0 Å². The van der Waals surface area contributed by atoms with Gasteiger partial charge in [0, 0.05) is 25.8 Å². The zero-order valence-corrected chi connectivity index (χ0v) is 13.6. The van der Waals surface area contributed by atoms with Crippen molar-refractivity contribution in [3.05, 3.63) is 30.7 Å². The van der Waals surface area contributed by atoms with Crippen molar-refractivity contribution in [1.82, 2.24) is 19.9 Å². The largest absolute Gasteiger partial charge is 0.393 e. The van der Waals surface area contributed by atoms with Gasteiger partial charge in [0.25, 0.3) is 0 Å². The van der Waals surface area contributed by atoms with Crippen molar-refractivity contribution in [2.24, 2.45) is 0 Å². The van der Waals surface area contributed by atoms with Crippen LogP contribution in [-0.4, -0.2) is 59.2 Å². The van der Waals surface area contributed by atoms with Gasteiger partial charge in [0.15, 0.2) is 11.6 Å². The number of anilines is 4. The first kappa shape index (κ1) is 16.4. The molecule has 0 spiro atoms. The second-order valence-corrected chi connectivity index (χ2v) is 5.56. The first-order valence-electron chi connectivity index (χ1n) is 8.15. The zero-order chi connectivity index (χ0) is 16.6. The molecule has 1 aliphatic rings. The summed E-state index contributed by atoms with van der Waals surface area (Å²) in [6.07, 6.45) is 4.23. The van der Waals surface area contributed by atoms with Crippen LogP contribution in [0.2, 0.25) is 0 Å². The van der Waals surface area contributed by atoms with Crippen molar-refractivity contribution < 1.29 is 4.74 Å². The van der Waals surface area contributed by atoms with Crippen molar-refractivity contribution in [3.63, 3.8) is 0 Å². The number of hydrogen-bond acceptors (Lipinski definition) is 8. The molecule has 4 N–H and O–H groups in total. The summed E-state index contributed by atoms with van der Waals surface area (Å²) >= 11 is 0. The predicted octanol–water partition coefficient (Wildman–Crippen LogP) is 1.33. The van der Waals surface area contributed by atoms with Crippen LogP contribution < -0.4 is 16.4 Å². The molecule has 0 unspecified atom stereocenters. The third-order valence-corrected chi connectivity index (χ3v) is 3.84. The number of rotatable bonds is 7. The molecule has 128 valence electrons. The van der Waals surface area contributed by atoms with Crippen LogP contribution in [0.4, 0.5) is 23.1 Å². The van der Waals surface area contributed by atoms with Gasteiger partial charge in [-0.3, -0.25) is 4.90 Å². The van der Waals surface area contributed by atoms with Gasteiger partial charge in [-0.1, -0.05) is 6.07 Å². The predicted molar refractivity (Wildman–Crippen MR) is 94.3 cm³/mol. The smallest absolute Gasteiger partial charge is 0.160 e. The lowest BCUT2D eigenvalue weighted by Gasteiger charge is -2.26. The molecular formula is C16H23N7O. The normalized spacial score (nSPS) is 15.2. The lowest BCUT2D eigenvalue weighted by molar-refractivity contribution is 0.0378. The van der Waals surface area contributed by atoms with Gasteiger partial charge < -0.3 is 21.1 Å². The van der Waals surface area contributed by atoms with E-state index in [1.54, 1.807) is 6.20 Å². The van der Waals surface area contributed by atoms with Gasteiger partial charge >= 0.3 is 0 Å². The molecule has 0 radical (unpaired) electrons. The Morgan fingerprint density at radius 2 is 1.96 bits per heavy atom. The van der Waals surface area contributed by atoms with Gasteiger partial charge in [0.2, 0.25) is 0 Å². The van der Waals surface area contributed by atoms with Gasteiger partial charge in [0.05, 0.1) is 13.2 Å². The molecule has 0 aromatic carbocycles. The summed E-state index contributed by atoms with van der Waals surface area (Å²) in [5.41, 5.74) is 6.65. The second kappa shape index (κ2) is 8.42. The van der Waals surface area contributed by atoms with Gasteiger partial charge in [-0.2, -0.15) is 0 Å². The van der Waals surface area contributed by atoms with Crippen molar-refractivity contribution in [2.75, 3.05) is 55.8 Å². The minimum Gasteiger partial charge on any atom is -0.393 e. The Balaban J connectivity index is 1.51. The van der Waals surface area contributed by atoms with Crippen molar-refractivity contribution in [2.45, 2.75) is 6.42 Å². The molecule has 0 aliphatic carbocycles. The molecule has 8 nitrogen and oxygen atoms in total. The van der Waals surface area contributed by atoms with E-state index < -0.39 is 0 Å². The summed E-state index contributed by atoms with van der Waals surface area (Å²) in [7, 11) is 0. The van der Waals surface area contributed by atoms with Gasteiger partial charge in [-0.15, -0.1) is 0 Å². The van der Waals surface area contributed by atoms with E-state index >= 15 is 0 Å². The zero-order valence-electron chi connectivity index (χ0n) is 13.6. The fourth-order valence-electron chi connectivity index (χ4n) is 2.53. The Labute approximate surface area is 141 Å². The fourth-order valence-corrected chi connectivity index (χ4v) is 2.53. The van der Waals surface area contributed by atoms with Crippen LogP contribution in [-0.2, 0) is 4.74 Å². The van der Waals surface area contributed by atoms with Crippen LogP contribution in [0.25, 0.3) is 0 Å². The Morgan fingerprint density at radius 3 is 2.75 bits per heavy atom. The molecule has 0 bridgehead atoms. The highest BCUT2D eigenvalue weighted by Gasteiger charge is 2.11. The molecule has 2 aromatic rings. The van der Waals surface area contributed by atoms with E-state index in [2.05, 4.69) is 30.5 Å². The van der Waals surface area contributed by atoms with E-state index in [4.69, 9.17) is 10.5 Å². The highest BCUT2D eigenvalue weighted by Crippen LogP contribution is 2.24. The monoisotopic (exact) mass is 329 g/mol. The highest BCUT2D eigenvalue weighted by molar-refractivity contribution is 5.76. The third kappa shape index (κ3) is 4.53. The minimum absolute atomic E-state index is 0.495. The molecule has 1 fully saturated rings. The summed E-state index contributed by atoms with van der Waals surface area (Å²) in [6.45, 7) is 5.52. The second-order valence-electron chi connectivity index (χ2n) is 5.56. The molecule has 0 saturated carbocycles. The molecule has 0 atom stereocenters. The lowest BCUT2D eigenvalue weighted by atomic mass is 10.3. The maximum Gasteiger partial charge on any atom is 0.160 e. The summed E-state index contributed by atoms with van der Waals surface area (Å²) < 4.78 is 5.35. The van der Waals surface area contributed by atoms with Crippen LogP contribution >= 0.6 is 0 Å². The van der Waals surface area contributed by atoms with E-state index in [1.165, 1.54) is 6.33 Å². The molecular weight excluding hydrogens is 306 g/mol. The van der Waals surface area contributed by atoms with Crippen LogP contribution in [0.1, 0.15) is 6.42 Å². The number of nitrogens with zero attached hydrogens (tertiary/aromatic N) is 4. The van der Waals surface area contributed by atoms with Crippen LogP contribution in [0.3, 0.4) is 0 Å². The van der Waals surface area contributed by atoms with Gasteiger partial charge in [0.1, 0.15) is 17.8 Å². The van der Waals surface area contributed by atoms with Crippen molar-refractivity contribution >= 4 is 23.1 Å². The number of hydrogen-bond donors (Lipinski definition) is 3. The van der Waals surface area contributed by atoms with Crippen LogP contribution in [0.15, 0.2) is 30.7 Å². The molecule has 0 amide bonds. The van der Waals surface area contributed by atoms with E-state index in [0.29, 0.717) is 23.1 Å². The molecule has 1 aliphatic heterocycles. The standard InChI is InChI=1S/C16H23N7O/c17-14-15(19-6-3-7-23-8-10-24-11-9-23)20-12-21-16(14)22-13-4-1-2-5-18-13/h1-2,4-5,12H,3,6-11,17H2,(H2,18,19,20,21,22). The highest BCUT2D eigenvalue weighted by atomic mass is 16.5. The number of ether oxygens (including phenoxy) is 1. The minimum atomic E-state index is 0.495. The van der Waals surface area contributed by atoms with E-state index in [-0.39, 0.29) is 0 Å². The van der Waals surface area contributed by atoms with E-state index in [1.807, 2.05) is 18.2 Å². The summed E-state index contributed by atoms with van der Waals surface area (Å²) in [5.74, 6) is 1.89. The van der Waals surface area contributed by atoms with E-state index in [9.17, 15) is 0 Å². The summed E-state index contributed by atoms with van der Waals surface area (Å²) in [5, 5.41) is 6.39. The lowest BCUT2D eigenvalue weighted by Crippen LogP contribution is -2.37. The maximum absolute atomic E-state index is 6.15. The summed E-state index contributed by atoms with van der Waals surface area (Å²) in [4.78, 5) is 15.0. The maximum atomic E-state index is 6.15. The average Bonchev–Trinajstić information content (AvgIpc) is 2.63. The van der Waals surface area contributed by atoms with Gasteiger partial charge in [-0.05, 0) is 25.1 Å². The van der Waals surface area contributed by atoms with E-state index in [0.717, 1.165) is 45.8 Å². The van der Waals surface area contributed by atoms with Crippen molar-refractivity contribution in [3.8, 4) is 0 Å². The third-order valence-electron chi connectivity index (χ3n) is 3.84. The first-order valence-corrected chi connectivity index (χ1v) is 8.15.